The maximum absolute atomic E-state index is 9.90. The predicted octanol–water partition coefficient (Wildman–Crippen LogP) is 1.97. The van der Waals surface area contributed by atoms with E-state index in [4.69, 9.17) is 23.9 Å². The minimum absolute atomic E-state index is 0.241. The van der Waals surface area contributed by atoms with Gasteiger partial charge in [0.15, 0.2) is 12.0 Å². The molecule has 31 heavy (non-hydrogen) atoms. The first kappa shape index (κ1) is 19.1. The topological polar surface area (TPSA) is 89.1 Å². The highest BCUT2D eigenvalue weighted by molar-refractivity contribution is 5.80. The summed E-state index contributed by atoms with van der Waals surface area (Å²) in [6.07, 6.45) is -1.38. The molecule has 0 amide bonds. The van der Waals surface area contributed by atoms with Crippen molar-refractivity contribution in [2.45, 2.75) is 24.4 Å². The maximum atomic E-state index is 9.90. The number of aliphatic hydroxyl groups excluding tert-OH is 1. The van der Waals surface area contributed by atoms with Gasteiger partial charge in [-0.2, -0.15) is 0 Å². The zero-order valence-corrected chi connectivity index (χ0v) is 17.1. The summed E-state index contributed by atoms with van der Waals surface area (Å²) in [4.78, 5) is 10.4. The number of hydrogen-bond donors (Lipinski definition) is 2. The Morgan fingerprint density at radius 2 is 1.81 bits per heavy atom. The molecule has 3 aliphatic heterocycles. The highest BCUT2D eigenvalue weighted by Crippen LogP contribution is 2.31. The average molecular weight is 423 g/mol. The molecule has 6 rings (SSSR count). The number of aromatic amines is 1. The van der Waals surface area contributed by atoms with Gasteiger partial charge in [0, 0.05) is 30.4 Å². The Morgan fingerprint density at radius 3 is 2.65 bits per heavy atom. The van der Waals surface area contributed by atoms with Gasteiger partial charge >= 0.3 is 0 Å². The maximum Gasteiger partial charge on any atom is 0.193 e. The van der Waals surface area contributed by atoms with Crippen LogP contribution < -0.4 is 9.64 Å². The van der Waals surface area contributed by atoms with Crippen LogP contribution in [0.25, 0.3) is 22.3 Å². The average Bonchev–Trinajstić information content (AvgIpc) is 3.51. The SMILES string of the molecule is O[C@@H]1CO[C@H]2C1OC[C@H]2Oc1cc2nc(-c3ccc(N4CCOCC4)cc3)ccc2[nH]1. The van der Waals surface area contributed by atoms with Crippen molar-refractivity contribution in [3.63, 3.8) is 0 Å². The summed E-state index contributed by atoms with van der Waals surface area (Å²) in [5.74, 6) is 0.626. The van der Waals surface area contributed by atoms with E-state index in [2.05, 4.69) is 34.1 Å². The van der Waals surface area contributed by atoms with Gasteiger partial charge in [-0.15, -0.1) is 0 Å². The number of anilines is 1. The third-order valence-corrected chi connectivity index (χ3v) is 6.25. The Bertz CT molecular complexity index is 1060. The van der Waals surface area contributed by atoms with Crippen LogP contribution in [0.3, 0.4) is 0 Å². The summed E-state index contributed by atoms with van der Waals surface area (Å²) in [6.45, 7) is 4.09. The summed E-state index contributed by atoms with van der Waals surface area (Å²) in [7, 11) is 0. The number of H-pyrrole nitrogens is 1. The molecule has 8 nitrogen and oxygen atoms in total. The van der Waals surface area contributed by atoms with E-state index in [-0.39, 0.29) is 24.9 Å². The molecule has 162 valence electrons. The van der Waals surface area contributed by atoms with E-state index in [1.54, 1.807) is 0 Å². The van der Waals surface area contributed by atoms with E-state index in [1.165, 1.54) is 5.69 Å². The Kier molecular flexibility index (Phi) is 4.80. The van der Waals surface area contributed by atoms with Crippen molar-refractivity contribution in [3.8, 4) is 17.1 Å². The van der Waals surface area contributed by atoms with Crippen molar-refractivity contribution < 1.29 is 24.1 Å². The van der Waals surface area contributed by atoms with Gasteiger partial charge in [-0.1, -0.05) is 12.1 Å². The quantitative estimate of drug-likeness (QED) is 0.663. The summed E-state index contributed by atoms with van der Waals surface area (Å²) < 4.78 is 22.8. The molecule has 2 N–H and O–H groups in total. The molecule has 2 aromatic heterocycles. The molecule has 0 aliphatic carbocycles. The lowest BCUT2D eigenvalue weighted by atomic mass is 10.1. The number of nitrogens with one attached hydrogen (secondary N) is 1. The van der Waals surface area contributed by atoms with Crippen molar-refractivity contribution in [3.05, 3.63) is 42.5 Å². The van der Waals surface area contributed by atoms with Gasteiger partial charge in [0.1, 0.15) is 18.3 Å². The fraction of sp³-hybridized carbons (Fsp3) is 0.435. The highest BCUT2D eigenvalue weighted by atomic mass is 16.6. The summed E-state index contributed by atoms with van der Waals surface area (Å²) in [5.41, 5.74) is 4.95. The zero-order valence-electron chi connectivity index (χ0n) is 17.1. The van der Waals surface area contributed by atoms with Crippen molar-refractivity contribution in [2.24, 2.45) is 0 Å². The molecule has 0 spiro atoms. The van der Waals surface area contributed by atoms with Crippen molar-refractivity contribution in [2.75, 3.05) is 44.4 Å². The minimum atomic E-state index is -0.583. The summed E-state index contributed by atoms with van der Waals surface area (Å²) in [5, 5.41) is 9.90. The molecule has 0 radical (unpaired) electrons. The van der Waals surface area contributed by atoms with Crippen LogP contribution in [0.15, 0.2) is 42.5 Å². The number of morpholine rings is 1. The predicted molar refractivity (Wildman–Crippen MR) is 114 cm³/mol. The lowest BCUT2D eigenvalue weighted by Gasteiger charge is -2.28. The first-order chi connectivity index (χ1) is 15.2. The van der Waals surface area contributed by atoms with E-state index in [1.807, 2.05) is 18.2 Å². The largest absolute Gasteiger partial charge is 0.470 e. The lowest BCUT2D eigenvalue weighted by Crippen LogP contribution is -2.36. The van der Waals surface area contributed by atoms with Crippen LogP contribution in [-0.2, 0) is 14.2 Å². The number of fused-ring (bicyclic) bond motifs is 2. The smallest absolute Gasteiger partial charge is 0.193 e. The Hall–Kier alpha value is -2.65. The second-order valence-corrected chi connectivity index (χ2v) is 8.23. The number of pyridine rings is 1. The second kappa shape index (κ2) is 7.80. The molecule has 5 heterocycles. The standard InChI is InChI=1S/C23H25N3O5/c27-19-12-29-23-20(13-30-22(19)23)31-21-11-18-17(25-21)6-5-16(24-18)14-1-3-15(4-2-14)26-7-9-28-10-8-26/h1-6,11,19-20,22-23,25,27H,7-10,12-13H2/t19-,20-,22?,23-/m1/s1. The molecule has 8 heteroatoms. The number of rotatable bonds is 4. The molecule has 3 aliphatic rings. The first-order valence-corrected chi connectivity index (χ1v) is 10.8. The fourth-order valence-electron chi connectivity index (χ4n) is 4.58. The second-order valence-electron chi connectivity index (χ2n) is 8.23. The molecular weight excluding hydrogens is 398 g/mol. The van der Waals surface area contributed by atoms with E-state index in [0.717, 1.165) is 48.6 Å². The molecule has 4 atom stereocenters. The molecule has 3 aromatic rings. The molecule has 3 fully saturated rings. The van der Waals surface area contributed by atoms with Crippen LogP contribution in [0.4, 0.5) is 5.69 Å². The summed E-state index contributed by atoms with van der Waals surface area (Å²) >= 11 is 0. The Balaban J connectivity index is 1.19. The van der Waals surface area contributed by atoms with Gasteiger partial charge in [-0.3, -0.25) is 0 Å². The minimum Gasteiger partial charge on any atom is -0.470 e. The number of hydrogen-bond acceptors (Lipinski definition) is 7. The van der Waals surface area contributed by atoms with Crippen LogP contribution in [0.5, 0.6) is 5.88 Å². The molecule has 3 saturated heterocycles. The third-order valence-electron chi connectivity index (χ3n) is 6.25. The van der Waals surface area contributed by atoms with Crippen LogP contribution in [0.1, 0.15) is 0 Å². The molecular formula is C23H25N3O5. The first-order valence-electron chi connectivity index (χ1n) is 10.8. The lowest BCUT2D eigenvalue weighted by molar-refractivity contribution is 0.00794. The van der Waals surface area contributed by atoms with E-state index in [0.29, 0.717) is 12.5 Å². The van der Waals surface area contributed by atoms with Gasteiger partial charge in [-0.05, 0) is 24.3 Å². The number of aromatic nitrogens is 2. The van der Waals surface area contributed by atoms with E-state index >= 15 is 0 Å². The molecule has 0 bridgehead atoms. The number of nitrogens with zero attached hydrogens (tertiary/aromatic N) is 2. The van der Waals surface area contributed by atoms with Gasteiger partial charge in [0.2, 0.25) is 0 Å². The van der Waals surface area contributed by atoms with Crippen molar-refractivity contribution >= 4 is 16.7 Å². The van der Waals surface area contributed by atoms with Gasteiger partial charge in [-0.25, -0.2) is 4.98 Å². The third kappa shape index (κ3) is 3.55. The van der Waals surface area contributed by atoms with E-state index in [9.17, 15) is 5.11 Å². The summed E-state index contributed by atoms with van der Waals surface area (Å²) in [6, 6.07) is 14.4. The highest BCUT2D eigenvalue weighted by Gasteiger charge is 2.48. The van der Waals surface area contributed by atoms with Gasteiger partial charge in [0.05, 0.1) is 43.2 Å². The Morgan fingerprint density at radius 1 is 1.00 bits per heavy atom. The monoisotopic (exact) mass is 423 g/mol. The van der Waals surface area contributed by atoms with Gasteiger partial charge in [0.25, 0.3) is 0 Å². The van der Waals surface area contributed by atoms with Crippen LogP contribution in [0, 0.1) is 0 Å². The van der Waals surface area contributed by atoms with Crippen LogP contribution in [0.2, 0.25) is 0 Å². The number of ether oxygens (including phenoxy) is 4. The fourth-order valence-corrected chi connectivity index (χ4v) is 4.58. The number of aliphatic hydroxyl groups is 1. The van der Waals surface area contributed by atoms with Gasteiger partial charge < -0.3 is 33.9 Å². The Labute approximate surface area is 179 Å². The molecule has 1 aromatic carbocycles. The molecule has 1 unspecified atom stereocenters. The molecule has 0 saturated carbocycles. The van der Waals surface area contributed by atoms with Crippen LogP contribution >= 0.6 is 0 Å². The number of benzene rings is 1. The van der Waals surface area contributed by atoms with E-state index < -0.39 is 6.10 Å². The normalized spacial score (nSPS) is 28.2. The van der Waals surface area contributed by atoms with Crippen molar-refractivity contribution in [1.82, 2.24) is 9.97 Å². The van der Waals surface area contributed by atoms with Crippen molar-refractivity contribution in [1.29, 1.82) is 0 Å². The van der Waals surface area contributed by atoms with Crippen LogP contribution in [-0.4, -0.2) is 79.0 Å². The zero-order chi connectivity index (χ0) is 20.8.